The molecule has 2 aromatic rings. The van der Waals surface area contributed by atoms with E-state index >= 15 is 0 Å². The molecule has 5 heteroatoms. The topological polar surface area (TPSA) is 45.2 Å². The van der Waals surface area contributed by atoms with Crippen molar-refractivity contribution >= 4 is 17.4 Å². The van der Waals surface area contributed by atoms with Gasteiger partial charge in [-0.2, -0.15) is 0 Å². The fourth-order valence-corrected chi connectivity index (χ4v) is 2.32. The van der Waals surface area contributed by atoms with Gasteiger partial charge in [-0.15, -0.1) is 0 Å². The first kappa shape index (κ1) is 17.9. The van der Waals surface area contributed by atoms with E-state index in [-0.39, 0.29) is 11.7 Å². The molecule has 0 bridgehead atoms. The van der Waals surface area contributed by atoms with Crippen molar-refractivity contribution < 1.29 is 9.18 Å². The summed E-state index contributed by atoms with van der Waals surface area (Å²) < 4.78 is 13.2. The van der Waals surface area contributed by atoms with Gasteiger partial charge in [0.25, 0.3) is 0 Å². The predicted molar refractivity (Wildman–Crippen MR) is 95.4 cm³/mol. The zero-order valence-corrected chi connectivity index (χ0v) is 14.6. The van der Waals surface area contributed by atoms with Gasteiger partial charge in [0, 0.05) is 17.6 Å². The number of carbonyl (C=O) groups excluding carboxylic acids is 1. The van der Waals surface area contributed by atoms with Crippen LogP contribution < -0.4 is 10.2 Å². The minimum Gasteiger partial charge on any atom is -0.370 e. The Hall–Kier alpha value is -2.43. The van der Waals surface area contributed by atoms with Crippen LogP contribution in [0.4, 0.5) is 15.9 Å². The Balaban J connectivity index is 2.34. The third kappa shape index (κ3) is 4.54. The third-order valence-electron chi connectivity index (χ3n) is 3.51. The first-order chi connectivity index (χ1) is 11.3. The number of benzene rings is 1. The minimum absolute atomic E-state index is 0.0373. The maximum atomic E-state index is 13.2. The summed E-state index contributed by atoms with van der Waals surface area (Å²) in [5.41, 5.74) is 0.885. The number of nitrogens with zero attached hydrogens (tertiary/aromatic N) is 2. The van der Waals surface area contributed by atoms with Crippen molar-refractivity contribution in [2.24, 2.45) is 5.41 Å². The normalized spacial score (nSPS) is 11.2. The SMILES string of the molecule is CCNc1cccc(CN(C(=O)C(C)(C)C)c2ccc(F)cc2)n1. The first-order valence-corrected chi connectivity index (χ1v) is 8.08. The van der Waals surface area contributed by atoms with Gasteiger partial charge in [0.1, 0.15) is 11.6 Å². The van der Waals surface area contributed by atoms with Gasteiger partial charge in [-0.1, -0.05) is 26.8 Å². The number of carbonyl (C=O) groups is 1. The number of anilines is 2. The van der Waals surface area contributed by atoms with Gasteiger partial charge in [0.2, 0.25) is 5.91 Å². The van der Waals surface area contributed by atoms with E-state index in [0.717, 1.165) is 18.1 Å². The van der Waals surface area contributed by atoms with Gasteiger partial charge >= 0.3 is 0 Å². The van der Waals surface area contributed by atoms with E-state index in [2.05, 4.69) is 10.3 Å². The number of pyridine rings is 1. The molecule has 0 spiro atoms. The average molecular weight is 329 g/mol. The van der Waals surface area contributed by atoms with Gasteiger partial charge in [-0.25, -0.2) is 9.37 Å². The number of rotatable bonds is 5. The Morgan fingerprint density at radius 1 is 1.17 bits per heavy atom. The lowest BCUT2D eigenvalue weighted by atomic mass is 9.94. The van der Waals surface area contributed by atoms with Gasteiger partial charge < -0.3 is 10.2 Å². The van der Waals surface area contributed by atoms with Gasteiger partial charge in [0.05, 0.1) is 12.2 Å². The highest BCUT2D eigenvalue weighted by molar-refractivity contribution is 5.96. The molecule has 0 radical (unpaired) electrons. The zero-order valence-electron chi connectivity index (χ0n) is 14.6. The standard InChI is InChI=1S/C19H24FN3O/c1-5-21-17-8-6-7-15(22-17)13-23(18(24)19(2,3)4)16-11-9-14(20)10-12-16/h6-12H,5,13H2,1-4H3,(H,21,22). The fourth-order valence-electron chi connectivity index (χ4n) is 2.32. The van der Waals surface area contributed by atoms with Crippen LogP contribution in [0.3, 0.4) is 0 Å². The van der Waals surface area contributed by atoms with Crippen molar-refractivity contribution in [3.8, 4) is 0 Å². The summed E-state index contributed by atoms with van der Waals surface area (Å²) in [6.07, 6.45) is 0. The molecule has 24 heavy (non-hydrogen) atoms. The fraction of sp³-hybridized carbons (Fsp3) is 0.368. The minimum atomic E-state index is -0.548. The second kappa shape index (κ2) is 7.43. The summed E-state index contributed by atoms with van der Waals surface area (Å²) in [4.78, 5) is 19.0. The number of aromatic nitrogens is 1. The second-order valence-electron chi connectivity index (χ2n) is 6.66. The summed E-state index contributed by atoms with van der Waals surface area (Å²) in [5, 5.41) is 3.16. The molecule has 1 aromatic carbocycles. The van der Waals surface area contributed by atoms with Crippen LogP contribution in [0.25, 0.3) is 0 Å². The molecule has 1 aromatic heterocycles. The first-order valence-electron chi connectivity index (χ1n) is 8.08. The average Bonchev–Trinajstić information content (AvgIpc) is 2.53. The highest BCUT2D eigenvalue weighted by Gasteiger charge is 2.28. The van der Waals surface area contributed by atoms with E-state index in [0.29, 0.717) is 12.2 Å². The van der Waals surface area contributed by atoms with E-state index in [4.69, 9.17) is 0 Å². The van der Waals surface area contributed by atoms with Crippen molar-refractivity contribution in [1.82, 2.24) is 4.98 Å². The molecule has 0 atom stereocenters. The van der Waals surface area contributed by atoms with Crippen molar-refractivity contribution in [3.63, 3.8) is 0 Å². The number of nitrogens with one attached hydrogen (secondary N) is 1. The summed E-state index contributed by atoms with van der Waals surface area (Å²) >= 11 is 0. The highest BCUT2D eigenvalue weighted by atomic mass is 19.1. The van der Waals surface area contributed by atoms with Gasteiger partial charge in [-0.05, 0) is 43.3 Å². The van der Waals surface area contributed by atoms with Crippen LogP contribution in [0.2, 0.25) is 0 Å². The summed E-state index contributed by atoms with van der Waals surface area (Å²) in [6, 6.07) is 11.6. The number of halogens is 1. The maximum Gasteiger partial charge on any atom is 0.232 e. The molecule has 128 valence electrons. The molecule has 0 aliphatic heterocycles. The monoisotopic (exact) mass is 329 g/mol. The third-order valence-corrected chi connectivity index (χ3v) is 3.51. The Morgan fingerprint density at radius 2 is 1.83 bits per heavy atom. The van der Waals surface area contributed by atoms with Crippen molar-refractivity contribution in [2.75, 3.05) is 16.8 Å². The number of amides is 1. The molecular weight excluding hydrogens is 305 g/mol. The molecule has 1 N–H and O–H groups in total. The Bertz CT molecular complexity index is 693. The van der Waals surface area contributed by atoms with E-state index < -0.39 is 5.41 Å². The van der Waals surface area contributed by atoms with Crippen LogP contribution in [0.15, 0.2) is 42.5 Å². The van der Waals surface area contributed by atoms with Crippen molar-refractivity contribution in [1.29, 1.82) is 0 Å². The van der Waals surface area contributed by atoms with Crippen molar-refractivity contribution in [2.45, 2.75) is 34.2 Å². The van der Waals surface area contributed by atoms with Gasteiger partial charge in [-0.3, -0.25) is 4.79 Å². The Kier molecular flexibility index (Phi) is 5.54. The quantitative estimate of drug-likeness (QED) is 0.893. The molecule has 1 amide bonds. The lowest BCUT2D eigenvalue weighted by Crippen LogP contribution is -2.39. The van der Waals surface area contributed by atoms with E-state index in [9.17, 15) is 9.18 Å². The van der Waals surface area contributed by atoms with Crippen LogP contribution in [-0.4, -0.2) is 17.4 Å². The van der Waals surface area contributed by atoms with Crippen molar-refractivity contribution in [3.05, 3.63) is 54.0 Å². The molecule has 2 rings (SSSR count). The molecule has 0 saturated heterocycles. The Labute approximate surface area is 142 Å². The van der Waals surface area contributed by atoms with E-state index in [1.54, 1.807) is 17.0 Å². The zero-order chi connectivity index (χ0) is 17.7. The van der Waals surface area contributed by atoms with Crippen LogP contribution in [0.5, 0.6) is 0 Å². The number of hydrogen-bond donors (Lipinski definition) is 1. The molecule has 0 fully saturated rings. The highest BCUT2D eigenvalue weighted by Crippen LogP contribution is 2.25. The predicted octanol–water partition coefficient (Wildman–Crippen LogP) is 4.23. The lowest BCUT2D eigenvalue weighted by Gasteiger charge is -2.29. The molecular formula is C19H24FN3O. The largest absolute Gasteiger partial charge is 0.370 e. The van der Waals surface area contributed by atoms with Crippen LogP contribution in [0, 0.1) is 11.2 Å². The molecule has 1 heterocycles. The second-order valence-corrected chi connectivity index (χ2v) is 6.66. The summed E-state index contributed by atoms with van der Waals surface area (Å²) in [5.74, 6) is 0.413. The smallest absolute Gasteiger partial charge is 0.232 e. The summed E-state index contributed by atoms with van der Waals surface area (Å²) in [7, 11) is 0. The maximum absolute atomic E-state index is 13.2. The number of hydrogen-bond acceptors (Lipinski definition) is 3. The van der Waals surface area contributed by atoms with E-state index in [1.807, 2.05) is 45.9 Å². The molecule has 0 unspecified atom stereocenters. The lowest BCUT2D eigenvalue weighted by molar-refractivity contribution is -0.125. The van der Waals surface area contributed by atoms with Crippen LogP contribution in [0.1, 0.15) is 33.4 Å². The molecule has 0 aliphatic carbocycles. The van der Waals surface area contributed by atoms with Crippen LogP contribution >= 0.6 is 0 Å². The van der Waals surface area contributed by atoms with E-state index in [1.165, 1.54) is 12.1 Å². The molecule has 0 aliphatic rings. The van der Waals surface area contributed by atoms with Gasteiger partial charge in [0.15, 0.2) is 0 Å². The Morgan fingerprint density at radius 3 is 2.42 bits per heavy atom. The summed E-state index contributed by atoms with van der Waals surface area (Å²) in [6.45, 7) is 8.72. The molecule has 4 nitrogen and oxygen atoms in total. The molecule has 0 saturated carbocycles. The van der Waals surface area contributed by atoms with Crippen LogP contribution in [-0.2, 0) is 11.3 Å².